The third-order valence-corrected chi connectivity index (χ3v) is 3.82. The second kappa shape index (κ2) is 12.7. The molecule has 3 N–H and O–H groups in total. The lowest BCUT2D eigenvalue weighted by molar-refractivity contribution is -0.121. The fourth-order valence-electron chi connectivity index (χ4n) is 2.33. The van der Waals surface area contributed by atoms with Crippen LogP contribution in [0.4, 0.5) is 4.39 Å². The summed E-state index contributed by atoms with van der Waals surface area (Å²) in [6, 6.07) is 6.36. The van der Waals surface area contributed by atoms with Gasteiger partial charge in [0.2, 0.25) is 5.91 Å². The van der Waals surface area contributed by atoms with Crippen molar-refractivity contribution in [1.29, 1.82) is 0 Å². The highest BCUT2D eigenvalue weighted by atomic mass is 127. The van der Waals surface area contributed by atoms with Gasteiger partial charge in [-0.15, -0.1) is 24.0 Å². The van der Waals surface area contributed by atoms with Crippen molar-refractivity contribution in [1.82, 2.24) is 16.0 Å². The minimum absolute atomic E-state index is 0. The van der Waals surface area contributed by atoms with Gasteiger partial charge in [0.15, 0.2) is 5.96 Å². The van der Waals surface area contributed by atoms with Gasteiger partial charge in [0.1, 0.15) is 17.7 Å². The van der Waals surface area contributed by atoms with Crippen LogP contribution in [0.1, 0.15) is 39.5 Å². The first-order valence-corrected chi connectivity index (χ1v) is 9.30. The Kier molecular flexibility index (Phi) is 11.1. The van der Waals surface area contributed by atoms with Crippen LogP contribution in [0.15, 0.2) is 29.3 Å². The Morgan fingerprint density at radius 3 is 2.63 bits per heavy atom. The molecule has 1 amide bonds. The van der Waals surface area contributed by atoms with Crippen LogP contribution >= 0.6 is 24.0 Å². The van der Waals surface area contributed by atoms with Gasteiger partial charge in [-0.05, 0) is 57.4 Å². The molecule has 1 aliphatic carbocycles. The number of hydrogen-bond acceptors (Lipinski definition) is 3. The van der Waals surface area contributed by atoms with Gasteiger partial charge in [-0.3, -0.25) is 4.79 Å². The quantitative estimate of drug-likeness (QED) is 0.203. The van der Waals surface area contributed by atoms with E-state index in [0.29, 0.717) is 37.3 Å². The van der Waals surface area contributed by atoms with E-state index in [1.54, 1.807) is 12.1 Å². The molecule has 0 aromatic heterocycles. The molecule has 8 heteroatoms. The summed E-state index contributed by atoms with van der Waals surface area (Å²) < 4.78 is 18.6. The molecule has 0 bridgehead atoms. The molecule has 1 atom stereocenters. The number of nitrogens with one attached hydrogen (secondary N) is 3. The number of rotatable bonds is 10. The van der Waals surface area contributed by atoms with E-state index in [2.05, 4.69) is 20.9 Å². The summed E-state index contributed by atoms with van der Waals surface area (Å²) in [5, 5.41) is 9.38. The molecule has 0 heterocycles. The van der Waals surface area contributed by atoms with Gasteiger partial charge < -0.3 is 20.7 Å². The lowest BCUT2D eigenvalue weighted by Gasteiger charge is -2.15. The third-order valence-electron chi connectivity index (χ3n) is 3.82. The van der Waals surface area contributed by atoms with E-state index in [-0.39, 0.29) is 41.8 Å². The van der Waals surface area contributed by atoms with Crippen LogP contribution < -0.4 is 20.7 Å². The zero-order valence-electron chi connectivity index (χ0n) is 16.0. The van der Waals surface area contributed by atoms with Gasteiger partial charge >= 0.3 is 0 Å². The number of aliphatic imine (C=N–C) groups is 1. The SMILES string of the molecule is CCNC(=NCC(C)Oc1ccc(F)cc1)NCCCC(=O)NC1CC1.I. The van der Waals surface area contributed by atoms with E-state index < -0.39 is 0 Å². The molecule has 152 valence electrons. The molecular formula is C19H30FIN4O2. The van der Waals surface area contributed by atoms with Crippen LogP contribution in [0.3, 0.4) is 0 Å². The number of ether oxygens (including phenoxy) is 1. The average molecular weight is 492 g/mol. The molecule has 0 radical (unpaired) electrons. The molecule has 2 rings (SSSR count). The number of halogens is 2. The second-order valence-electron chi connectivity index (χ2n) is 6.47. The van der Waals surface area contributed by atoms with Gasteiger partial charge in [-0.25, -0.2) is 9.38 Å². The van der Waals surface area contributed by atoms with Gasteiger partial charge in [0.25, 0.3) is 0 Å². The summed E-state index contributed by atoms with van der Waals surface area (Å²) in [6.45, 7) is 5.81. The van der Waals surface area contributed by atoms with Gasteiger partial charge in [-0.2, -0.15) is 0 Å². The number of nitrogens with zero attached hydrogens (tertiary/aromatic N) is 1. The summed E-state index contributed by atoms with van der Waals surface area (Å²) in [7, 11) is 0. The minimum atomic E-state index is -0.285. The lowest BCUT2D eigenvalue weighted by Crippen LogP contribution is -2.39. The van der Waals surface area contributed by atoms with E-state index in [1.165, 1.54) is 12.1 Å². The van der Waals surface area contributed by atoms with Crippen LogP contribution in [-0.2, 0) is 4.79 Å². The first-order chi connectivity index (χ1) is 12.6. The molecule has 0 spiro atoms. The molecule has 1 aromatic rings. The first-order valence-electron chi connectivity index (χ1n) is 9.30. The standard InChI is InChI=1S/C19H29FN4O2.HI/c1-3-21-19(22-12-4-5-18(25)24-16-8-9-16)23-13-14(2)26-17-10-6-15(20)7-11-17;/h6-7,10-11,14,16H,3-5,8-9,12-13H2,1-2H3,(H,24,25)(H2,21,22,23);1H. The summed E-state index contributed by atoms with van der Waals surface area (Å²) in [4.78, 5) is 16.1. The Balaban J connectivity index is 0.00000364. The van der Waals surface area contributed by atoms with Gasteiger partial charge in [0, 0.05) is 25.6 Å². The number of carbonyl (C=O) groups excluding carboxylic acids is 1. The van der Waals surface area contributed by atoms with Crippen molar-refractivity contribution < 1.29 is 13.9 Å². The predicted molar refractivity (Wildman–Crippen MR) is 116 cm³/mol. The highest BCUT2D eigenvalue weighted by Gasteiger charge is 2.22. The topological polar surface area (TPSA) is 74.8 Å². The molecule has 6 nitrogen and oxygen atoms in total. The molecular weight excluding hydrogens is 462 g/mol. The Hall–Kier alpha value is -1.58. The van der Waals surface area contributed by atoms with Crippen molar-refractivity contribution in [2.45, 2.75) is 51.7 Å². The molecule has 1 aromatic carbocycles. The summed E-state index contributed by atoms with van der Waals surface area (Å²) >= 11 is 0. The van der Waals surface area contributed by atoms with Crippen molar-refractivity contribution in [2.24, 2.45) is 4.99 Å². The maximum absolute atomic E-state index is 12.9. The van der Waals surface area contributed by atoms with Crippen LogP contribution in [0, 0.1) is 5.82 Å². The Morgan fingerprint density at radius 1 is 1.30 bits per heavy atom. The average Bonchev–Trinajstić information content (AvgIpc) is 3.42. The Morgan fingerprint density at radius 2 is 2.00 bits per heavy atom. The van der Waals surface area contributed by atoms with Crippen LogP contribution in [0.2, 0.25) is 0 Å². The van der Waals surface area contributed by atoms with Crippen molar-refractivity contribution >= 4 is 35.8 Å². The first kappa shape index (κ1) is 23.5. The maximum Gasteiger partial charge on any atom is 0.220 e. The number of amides is 1. The summed E-state index contributed by atoms with van der Waals surface area (Å²) in [6.07, 6.45) is 3.36. The number of hydrogen-bond donors (Lipinski definition) is 3. The zero-order chi connectivity index (χ0) is 18.8. The normalized spacial score (nSPS) is 14.7. The van der Waals surface area contributed by atoms with Gasteiger partial charge in [-0.1, -0.05) is 0 Å². The number of carbonyl (C=O) groups is 1. The van der Waals surface area contributed by atoms with Gasteiger partial charge in [0.05, 0.1) is 6.54 Å². The van der Waals surface area contributed by atoms with Crippen molar-refractivity contribution in [3.8, 4) is 5.75 Å². The Labute approximate surface area is 177 Å². The highest BCUT2D eigenvalue weighted by Crippen LogP contribution is 2.18. The highest BCUT2D eigenvalue weighted by molar-refractivity contribution is 14.0. The van der Waals surface area contributed by atoms with E-state index in [9.17, 15) is 9.18 Å². The third kappa shape index (κ3) is 10.4. The molecule has 0 saturated heterocycles. The van der Waals surface area contributed by atoms with Crippen molar-refractivity contribution in [3.63, 3.8) is 0 Å². The van der Waals surface area contributed by atoms with E-state index >= 15 is 0 Å². The minimum Gasteiger partial charge on any atom is -0.489 e. The monoisotopic (exact) mass is 492 g/mol. The second-order valence-corrected chi connectivity index (χ2v) is 6.47. The lowest BCUT2D eigenvalue weighted by atomic mass is 10.3. The molecule has 1 aliphatic rings. The van der Waals surface area contributed by atoms with E-state index in [4.69, 9.17) is 4.74 Å². The van der Waals surface area contributed by atoms with Crippen LogP contribution in [0.5, 0.6) is 5.75 Å². The molecule has 27 heavy (non-hydrogen) atoms. The van der Waals surface area contributed by atoms with Crippen LogP contribution in [0.25, 0.3) is 0 Å². The Bertz CT molecular complexity index is 594. The zero-order valence-corrected chi connectivity index (χ0v) is 18.3. The maximum atomic E-state index is 12.9. The summed E-state index contributed by atoms with van der Waals surface area (Å²) in [5.41, 5.74) is 0. The fraction of sp³-hybridized carbons (Fsp3) is 0.579. The molecule has 1 unspecified atom stereocenters. The molecule has 0 aliphatic heterocycles. The fourth-order valence-corrected chi connectivity index (χ4v) is 2.33. The predicted octanol–water partition coefficient (Wildman–Crippen LogP) is 2.82. The number of guanidine groups is 1. The number of benzene rings is 1. The smallest absolute Gasteiger partial charge is 0.220 e. The van der Waals surface area contributed by atoms with Crippen molar-refractivity contribution in [2.75, 3.05) is 19.6 Å². The molecule has 1 saturated carbocycles. The summed E-state index contributed by atoms with van der Waals surface area (Å²) in [5.74, 6) is 1.16. The van der Waals surface area contributed by atoms with Crippen LogP contribution in [-0.4, -0.2) is 43.6 Å². The van der Waals surface area contributed by atoms with Crippen molar-refractivity contribution in [3.05, 3.63) is 30.1 Å². The van der Waals surface area contributed by atoms with E-state index in [0.717, 1.165) is 25.8 Å². The van der Waals surface area contributed by atoms with E-state index in [1.807, 2.05) is 13.8 Å². The largest absolute Gasteiger partial charge is 0.489 e. The molecule has 1 fully saturated rings.